The molecule has 0 N–H and O–H groups in total. The van der Waals surface area contributed by atoms with Crippen molar-refractivity contribution in [1.82, 2.24) is 0 Å². The predicted octanol–water partition coefficient (Wildman–Crippen LogP) is 4.69. The molecule has 3 aromatic rings. The van der Waals surface area contributed by atoms with Gasteiger partial charge in [0.2, 0.25) is 0 Å². The fourth-order valence-corrected chi connectivity index (χ4v) is 3.68. The maximum atomic E-state index is 13.0. The molecular formula is C21H18O3. The molecule has 24 heavy (non-hydrogen) atoms. The lowest BCUT2D eigenvalue weighted by atomic mass is 9.95. The Hall–Kier alpha value is -2.81. The van der Waals surface area contributed by atoms with E-state index < -0.39 is 0 Å². The smallest absolute Gasteiger partial charge is 0.198 e. The largest absolute Gasteiger partial charge is 0.496 e. The molecule has 3 heteroatoms. The summed E-state index contributed by atoms with van der Waals surface area (Å²) in [7, 11) is 3.27. The standard InChI is InChI=1S/C21H18O3/c1-11-7-13-5-6-14-19(18(13)16(9-11)23-3)15-8-12(2)10-17(24-4)20(15)21(14)22/h5-10H,1-4H3. The highest BCUT2D eigenvalue weighted by atomic mass is 16.5. The summed E-state index contributed by atoms with van der Waals surface area (Å²) in [6, 6.07) is 12.0. The van der Waals surface area contributed by atoms with E-state index in [0.717, 1.165) is 38.8 Å². The number of hydrogen-bond acceptors (Lipinski definition) is 3. The van der Waals surface area contributed by atoms with E-state index in [4.69, 9.17) is 9.47 Å². The van der Waals surface area contributed by atoms with Crippen molar-refractivity contribution in [1.29, 1.82) is 0 Å². The second kappa shape index (κ2) is 5.10. The van der Waals surface area contributed by atoms with Crippen LogP contribution in [-0.4, -0.2) is 20.0 Å². The van der Waals surface area contributed by atoms with Gasteiger partial charge in [-0.3, -0.25) is 4.79 Å². The maximum Gasteiger partial charge on any atom is 0.198 e. The Kier molecular flexibility index (Phi) is 3.14. The average Bonchev–Trinajstić information content (AvgIpc) is 2.85. The van der Waals surface area contributed by atoms with Gasteiger partial charge in [-0.15, -0.1) is 0 Å². The van der Waals surface area contributed by atoms with Gasteiger partial charge in [-0.25, -0.2) is 0 Å². The van der Waals surface area contributed by atoms with Crippen LogP contribution in [0, 0.1) is 13.8 Å². The molecule has 120 valence electrons. The minimum absolute atomic E-state index is 0.0152. The first-order valence-corrected chi connectivity index (χ1v) is 7.90. The zero-order valence-electron chi connectivity index (χ0n) is 14.2. The molecule has 0 amide bonds. The summed E-state index contributed by atoms with van der Waals surface area (Å²) in [6.45, 7) is 4.05. The maximum absolute atomic E-state index is 13.0. The van der Waals surface area contributed by atoms with E-state index in [1.165, 1.54) is 0 Å². The Morgan fingerprint density at radius 1 is 0.750 bits per heavy atom. The summed E-state index contributed by atoms with van der Waals surface area (Å²) in [5.41, 5.74) is 5.43. The lowest BCUT2D eigenvalue weighted by Gasteiger charge is -2.13. The second-order valence-electron chi connectivity index (χ2n) is 6.27. The second-order valence-corrected chi connectivity index (χ2v) is 6.27. The molecule has 0 aliphatic heterocycles. The van der Waals surface area contributed by atoms with Gasteiger partial charge >= 0.3 is 0 Å². The van der Waals surface area contributed by atoms with Gasteiger partial charge in [-0.05, 0) is 54.1 Å². The monoisotopic (exact) mass is 318 g/mol. The van der Waals surface area contributed by atoms with Crippen molar-refractivity contribution in [2.45, 2.75) is 13.8 Å². The first kappa shape index (κ1) is 14.8. The number of ether oxygens (including phenoxy) is 2. The molecule has 0 bridgehead atoms. The van der Waals surface area contributed by atoms with Crippen LogP contribution in [0.5, 0.6) is 11.5 Å². The van der Waals surface area contributed by atoms with E-state index in [9.17, 15) is 4.79 Å². The van der Waals surface area contributed by atoms with Gasteiger partial charge in [-0.2, -0.15) is 0 Å². The van der Waals surface area contributed by atoms with Crippen LogP contribution in [-0.2, 0) is 0 Å². The van der Waals surface area contributed by atoms with Gasteiger partial charge in [0, 0.05) is 16.5 Å². The highest BCUT2D eigenvalue weighted by molar-refractivity contribution is 6.27. The highest BCUT2D eigenvalue weighted by Gasteiger charge is 2.32. The minimum Gasteiger partial charge on any atom is -0.496 e. The highest BCUT2D eigenvalue weighted by Crippen LogP contribution is 2.47. The molecule has 4 rings (SSSR count). The van der Waals surface area contributed by atoms with Crippen molar-refractivity contribution in [3.8, 4) is 22.6 Å². The number of ketones is 1. The van der Waals surface area contributed by atoms with Gasteiger partial charge in [0.05, 0.1) is 19.8 Å². The fourth-order valence-electron chi connectivity index (χ4n) is 3.68. The Bertz CT molecular complexity index is 1020. The van der Waals surface area contributed by atoms with Gasteiger partial charge in [0.25, 0.3) is 0 Å². The Labute approximate surface area is 140 Å². The number of benzene rings is 3. The predicted molar refractivity (Wildman–Crippen MR) is 95.4 cm³/mol. The lowest BCUT2D eigenvalue weighted by Crippen LogP contribution is -1.99. The van der Waals surface area contributed by atoms with Gasteiger partial charge < -0.3 is 9.47 Å². The first-order chi connectivity index (χ1) is 11.5. The molecule has 0 atom stereocenters. The van der Waals surface area contributed by atoms with E-state index >= 15 is 0 Å². The van der Waals surface area contributed by atoms with Crippen molar-refractivity contribution in [2.75, 3.05) is 14.2 Å². The zero-order chi connectivity index (χ0) is 17.0. The molecule has 0 heterocycles. The van der Waals surface area contributed by atoms with E-state index in [2.05, 4.69) is 12.1 Å². The molecule has 0 radical (unpaired) electrons. The van der Waals surface area contributed by atoms with Crippen LogP contribution in [0.3, 0.4) is 0 Å². The SMILES string of the molecule is COc1cc(C)cc2c1C(=O)c1ccc3cc(C)cc(OC)c3c1-2. The lowest BCUT2D eigenvalue weighted by molar-refractivity contribution is 0.104. The molecule has 0 saturated heterocycles. The normalized spacial score (nSPS) is 12.2. The van der Waals surface area contributed by atoms with Crippen LogP contribution in [0.2, 0.25) is 0 Å². The Balaban J connectivity index is 2.19. The van der Waals surface area contributed by atoms with Gasteiger partial charge in [-0.1, -0.05) is 18.2 Å². The molecule has 0 spiro atoms. The first-order valence-electron chi connectivity index (χ1n) is 7.90. The third-order valence-electron chi connectivity index (χ3n) is 4.65. The van der Waals surface area contributed by atoms with Crippen molar-refractivity contribution < 1.29 is 14.3 Å². The number of aryl methyl sites for hydroxylation is 2. The van der Waals surface area contributed by atoms with Crippen LogP contribution in [0.1, 0.15) is 27.0 Å². The summed E-state index contributed by atoms with van der Waals surface area (Å²) in [4.78, 5) is 13.0. The number of methoxy groups -OCH3 is 2. The summed E-state index contributed by atoms with van der Waals surface area (Å²) in [5, 5.41) is 2.06. The van der Waals surface area contributed by atoms with Crippen LogP contribution in [0.15, 0.2) is 36.4 Å². The molecule has 0 aromatic heterocycles. The van der Waals surface area contributed by atoms with Gasteiger partial charge in [0.15, 0.2) is 5.78 Å². The zero-order valence-corrected chi connectivity index (χ0v) is 14.2. The molecule has 1 aliphatic rings. The van der Waals surface area contributed by atoms with Crippen molar-refractivity contribution in [3.63, 3.8) is 0 Å². The number of rotatable bonds is 2. The summed E-state index contributed by atoms with van der Waals surface area (Å²) >= 11 is 0. The third kappa shape index (κ3) is 1.88. The Morgan fingerprint density at radius 2 is 1.42 bits per heavy atom. The molecule has 3 nitrogen and oxygen atoms in total. The number of carbonyl (C=O) groups excluding carboxylic acids is 1. The Morgan fingerprint density at radius 3 is 2.12 bits per heavy atom. The molecule has 3 aromatic carbocycles. The molecule has 0 saturated carbocycles. The van der Waals surface area contributed by atoms with Crippen molar-refractivity contribution in [3.05, 3.63) is 58.7 Å². The van der Waals surface area contributed by atoms with Crippen LogP contribution in [0.25, 0.3) is 21.9 Å². The number of fused-ring (bicyclic) bond motifs is 5. The summed E-state index contributed by atoms with van der Waals surface area (Å²) < 4.78 is 11.1. The van der Waals surface area contributed by atoms with E-state index in [-0.39, 0.29) is 5.78 Å². The number of carbonyl (C=O) groups is 1. The van der Waals surface area contributed by atoms with Crippen LogP contribution < -0.4 is 9.47 Å². The topological polar surface area (TPSA) is 35.5 Å². The van der Waals surface area contributed by atoms with Gasteiger partial charge in [0.1, 0.15) is 11.5 Å². The molecule has 1 aliphatic carbocycles. The third-order valence-corrected chi connectivity index (χ3v) is 4.65. The van der Waals surface area contributed by atoms with E-state index in [1.807, 2.05) is 38.1 Å². The van der Waals surface area contributed by atoms with E-state index in [0.29, 0.717) is 16.9 Å². The molecule has 0 unspecified atom stereocenters. The average molecular weight is 318 g/mol. The fraction of sp³-hybridized carbons (Fsp3) is 0.190. The quantitative estimate of drug-likeness (QED) is 0.538. The summed E-state index contributed by atoms with van der Waals surface area (Å²) in [5.74, 6) is 1.44. The van der Waals surface area contributed by atoms with Crippen LogP contribution in [0.4, 0.5) is 0 Å². The van der Waals surface area contributed by atoms with Crippen LogP contribution >= 0.6 is 0 Å². The minimum atomic E-state index is 0.0152. The van der Waals surface area contributed by atoms with Crippen molar-refractivity contribution in [2.24, 2.45) is 0 Å². The summed E-state index contributed by atoms with van der Waals surface area (Å²) in [6.07, 6.45) is 0. The molecular weight excluding hydrogens is 300 g/mol. The number of hydrogen-bond donors (Lipinski definition) is 0. The molecule has 0 fully saturated rings. The van der Waals surface area contributed by atoms with E-state index in [1.54, 1.807) is 14.2 Å². The van der Waals surface area contributed by atoms with Crippen molar-refractivity contribution >= 4 is 16.6 Å².